The Bertz CT molecular complexity index is 465. The average Bonchev–Trinajstić information content (AvgIpc) is 2.95. The van der Waals surface area contributed by atoms with Crippen LogP contribution in [0, 0.1) is 5.92 Å². The Morgan fingerprint density at radius 3 is 2.84 bits per heavy atom. The number of aromatic nitrogens is 2. The summed E-state index contributed by atoms with van der Waals surface area (Å²) >= 11 is 2.55. The molecule has 2 rings (SSSR count). The Hall–Kier alpha value is -1.35. The molecule has 0 spiro atoms. The molecule has 2 N–H and O–H groups in total. The third-order valence-electron chi connectivity index (χ3n) is 2.72. The lowest BCUT2D eigenvalue weighted by molar-refractivity contribution is -0.141. The Balaban J connectivity index is 2.16. The number of anilines is 1. The zero-order valence-electron chi connectivity index (χ0n) is 10.4. The van der Waals surface area contributed by atoms with E-state index in [0.29, 0.717) is 10.8 Å². The summed E-state index contributed by atoms with van der Waals surface area (Å²) < 4.78 is 3.65. The van der Waals surface area contributed by atoms with Crippen molar-refractivity contribution < 1.29 is 14.7 Å². The zero-order chi connectivity index (χ0) is 14.0. The van der Waals surface area contributed by atoms with Crippen molar-refractivity contribution in [3.8, 4) is 0 Å². The minimum atomic E-state index is -0.978. The quantitative estimate of drug-likeness (QED) is 0.879. The number of hydrogen-bond donors (Lipinski definition) is 2. The van der Waals surface area contributed by atoms with E-state index in [1.54, 1.807) is 0 Å². The van der Waals surface area contributed by atoms with Crippen molar-refractivity contribution in [2.45, 2.75) is 25.3 Å². The number of rotatable bonds is 3. The van der Waals surface area contributed by atoms with Crippen LogP contribution in [0.5, 0.6) is 0 Å². The summed E-state index contributed by atoms with van der Waals surface area (Å²) in [5.74, 6) is -0.389. The molecule has 1 aliphatic heterocycles. The van der Waals surface area contributed by atoms with Crippen molar-refractivity contribution >= 4 is 40.3 Å². The number of hydrogen-bond acceptors (Lipinski definition) is 6. The second-order valence-electron chi connectivity index (χ2n) is 4.44. The average molecular weight is 302 g/mol. The smallest absolute Gasteiger partial charge is 0.327 e. The number of aliphatic carboxylic acids is 1. The molecule has 1 aliphatic rings. The number of amides is 2. The van der Waals surface area contributed by atoms with Gasteiger partial charge >= 0.3 is 12.0 Å². The van der Waals surface area contributed by atoms with Gasteiger partial charge in [-0.05, 0) is 5.92 Å². The molecule has 2 atom stereocenters. The Labute approximate surface area is 118 Å². The first kappa shape index (κ1) is 14.1. The molecule has 1 aromatic heterocycles. The predicted octanol–water partition coefficient (Wildman–Crippen LogP) is 1.55. The van der Waals surface area contributed by atoms with Crippen LogP contribution in [0.1, 0.15) is 13.8 Å². The van der Waals surface area contributed by atoms with Crippen molar-refractivity contribution in [3.05, 3.63) is 6.20 Å². The number of urea groups is 1. The Kier molecular flexibility index (Phi) is 4.25. The third-order valence-corrected chi connectivity index (χ3v) is 4.92. The summed E-state index contributed by atoms with van der Waals surface area (Å²) in [6.45, 7) is 3.94. The fraction of sp³-hybridized carbons (Fsp3) is 0.600. The molecule has 0 aromatic carbocycles. The SMILES string of the molecule is CC(C)C1SCC(C(=O)O)N1C(=O)Nc1cnns1. The molecular formula is C10H14N4O3S2. The minimum Gasteiger partial charge on any atom is -0.480 e. The van der Waals surface area contributed by atoms with Crippen molar-refractivity contribution in [2.24, 2.45) is 5.92 Å². The number of carboxylic acids is 1. The van der Waals surface area contributed by atoms with Crippen LogP contribution in [0.4, 0.5) is 9.80 Å². The third kappa shape index (κ3) is 2.98. The summed E-state index contributed by atoms with van der Waals surface area (Å²) in [7, 11) is 0. The molecule has 2 heterocycles. The molecule has 1 fully saturated rings. The van der Waals surface area contributed by atoms with E-state index in [1.165, 1.54) is 22.9 Å². The van der Waals surface area contributed by atoms with E-state index in [4.69, 9.17) is 0 Å². The molecule has 19 heavy (non-hydrogen) atoms. The molecule has 0 aliphatic carbocycles. The normalized spacial score (nSPS) is 22.8. The number of carbonyl (C=O) groups excluding carboxylic acids is 1. The summed E-state index contributed by atoms with van der Waals surface area (Å²) in [6, 6.07) is -1.21. The molecule has 0 bridgehead atoms. The second kappa shape index (κ2) is 5.74. The van der Waals surface area contributed by atoms with Gasteiger partial charge in [-0.3, -0.25) is 10.2 Å². The maximum atomic E-state index is 12.2. The van der Waals surface area contributed by atoms with E-state index in [0.717, 1.165) is 11.5 Å². The molecule has 0 radical (unpaired) electrons. The van der Waals surface area contributed by atoms with Gasteiger partial charge in [-0.2, -0.15) is 0 Å². The maximum absolute atomic E-state index is 12.2. The van der Waals surface area contributed by atoms with Gasteiger partial charge in [-0.15, -0.1) is 16.9 Å². The maximum Gasteiger partial charge on any atom is 0.327 e. The van der Waals surface area contributed by atoms with Crippen molar-refractivity contribution in [1.82, 2.24) is 14.5 Å². The monoisotopic (exact) mass is 302 g/mol. The topological polar surface area (TPSA) is 95.4 Å². The highest BCUT2D eigenvalue weighted by atomic mass is 32.2. The summed E-state index contributed by atoms with van der Waals surface area (Å²) in [4.78, 5) is 24.9. The zero-order valence-corrected chi connectivity index (χ0v) is 12.1. The first-order chi connectivity index (χ1) is 9.00. The van der Waals surface area contributed by atoms with Crippen molar-refractivity contribution in [2.75, 3.05) is 11.1 Å². The van der Waals surface area contributed by atoms with E-state index < -0.39 is 18.0 Å². The fourth-order valence-corrected chi connectivity index (χ4v) is 3.76. The number of nitrogens with zero attached hydrogens (tertiary/aromatic N) is 3. The lowest BCUT2D eigenvalue weighted by Crippen LogP contribution is -2.48. The summed E-state index contributed by atoms with van der Waals surface area (Å²) in [5.41, 5.74) is 0. The standard InChI is InChI=1S/C10H14N4O3S2/c1-5(2)8-14(6(4-18-8)9(15)16)10(17)12-7-3-11-13-19-7/h3,5-6,8H,4H2,1-2H3,(H,12,17)(H,15,16). The highest BCUT2D eigenvalue weighted by Gasteiger charge is 2.43. The van der Waals surface area contributed by atoms with Gasteiger partial charge in [0.15, 0.2) is 0 Å². The number of thioether (sulfide) groups is 1. The lowest BCUT2D eigenvalue weighted by Gasteiger charge is -2.29. The Morgan fingerprint density at radius 2 is 2.32 bits per heavy atom. The molecule has 7 nitrogen and oxygen atoms in total. The minimum absolute atomic E-state index is 0.137. The van der Waals surface area contributed by atoms with Crippen LogP contribution in [0.2, 0.25) is 0 Å². The summed E-state index contributed by atoms with van der Waals surface area (Å²) in [5, 5.41) is 15.8. The molecule has 2 unspecified atom stereocenters. The van der Waals surface area contributed by atoms with Crippen LogP contribution in [-0.2, 0) is 4.79 Å². The predicted molar refractivity (Wildman–Crippen MR) is 73.3 cm³/mol. The van der Waals surface area contributed by atoms with Gasteiger partial charge in [0, 0.05) is 17.3 Å². The van der Waals surface area contributed by atoms with E-state index in [9.17, 15) is 14.7 Å². The number of nitrogens with one attached hydrogen (secondary N) is 1. The van der Waals surface area contributed by atoms with Crippen LogP contribution in [0.3, 0.4) is 0 Å². The number of carbonyl (C=O) groups is 2. The molecule has 2 amide bonds. The molecule has 0 saturated carbocycles. The van der Waals surface area contributed by atoms with Crippen LogP contribution < -0.4 is 5.32 Å². The van der Waals surface area contributed by atoms with Gasteiger partial charge in [0.05, 0.1) is 11.6 Å². The van der Waals surface area contributed by atoms with Gasteiger partial charge in [0.2, 0.25) is 0 Å². The van der Waals surface area contributed by atoms with Gasteiger partial charge in [-0.25, -0.2) is 9.59 Å². The lowest BCUT2D eigenvalue weighted by atomic mass is 10.2. The van der Waals surface area contributed by atoms with Gasteiger partial charge in [0.1, 0.15) is 11.0 Å². The van der Waals surface area contributed by atoms with Crippen LogP contribution in [-0.4, -0.2) is 48.8 Å². The van der Waals surface area contributed by atoms with E-state index in [1.807, 2.05) is 13.8 Å². The highest BCUT2D eigenvalue weighted by molar-refractivity contribution is 8.00. The number of carboxylic acid groups (broad SMARTS) is 1. The molecule has 1 saturated heterocycles. The second-order valence-corrected chi connectivity index (χ2v) is 6.38. The van der Waals surface area contributed by atoms with E-state index in [2.05, 4.69) is 14.9 Å². The van der Waals surface area contributed by atoms with Crippen LogP contribution in [0.25, 0.3) is 0 Å². The van der Waals surface area contributed by atoms with Crippen LogP contribution in [0.15, 0.2) is 6.20 Å². The van der Waals surface area contributed by atoms with Crippen molar-refractivity contribution in [1.29, 1.82) is 0 Å². The van der Waals surface area contributed by atoms with E-state index in [-0.39, 0.29) is 11.3 Å². The van der Waals surface area contributed by atoms with E-state index >= 15 is 0 Å². The van der Waals surface area contributed by atoms with Gasteiger partial charge < -0.3 is 5.11 Å². The fourth-order valence-electron chi connectivity index (χ4n) is 1.88. The Morgan fingerprint density at radius 1 is 1.58 bits per heavy atom. The van der Waals surface area contributed by atoms with Crippen LogP contribution >= 0.6 is 23.3 Å². The molecule has 1 aromatic rings. The largest absolute Gasteiger partial charge is 0.480 e. The van der Waals surface area contributed by atoms with Gasteiger partial charge in [-0.1, -0.05) is 18.3 Å². The molecule has 9 heteroatoms. The first-order valence-corrected chi connectivity index (χ1v) is 7.54. The molecular weight excluding hydrogens is 288 g/mol. The van der Waals surface area contributed by atoms with Gasteiger partial charge in [0.25, 0.3) is 0 Å². The molecule has 104 valence electrons. The highest BCUT2D eigenvalue weighted by Crippen LogP contribution is 2.34. The summed E-state index contributed by atoms with van der Waals surface area (Å²) in [6.07, 6.45) is 1.44. The first-order valence-electron chi connectivity index (χ1n) is 5.71. The van der Waals surface area contributed by atoms with Crippen molar-refractivity contribution in [3.63, 3.8) is 0 Å².